The Morgan fingerprint density at radius 1 is 0.905 bits per heavy atom. The molecule has 0 heterocycles. The predicted molar refractivity (Wildman–Crippen MR) is 79.1 cm³/mol. The molecule has 0 atom stereocenters. The van der Waals surface area contributed by atoms with Gasteiger partial charge in [-0.05, 0) is 50.4 Å². The van der Waals surface area contributed by atoms with Gasteiger partial charge < -0.3 is 8.85 Å². The third-order valence-corrected chi connectivity index (χ3v) is 5.44. The van der Waals surface area contributed by atoms with Gasteiger partial charge in [0.1, 0.15) is 0 Å². The lowest BCUT2D eigenvalue weighted by molar-refractivity contribution is 0.212. The van der Waals surface area contributed by atoms with Crippen molar-refractivity contribution >= 4 is 9.28 Å². The predicted octanol–water partition coefficient (Wildman–Crippen LogP) is 4.11. The zero-order valence-corrected chi connectivity index (χ0v) is 13.8. The molecule has 0 N–H and O–H groups in total. The molecule has 0 fully saturated rings. The van der Waals surface area contributed by atoms with Crippen molar-refractivity contribution in [2.45, 2.75) is 45.6 Å². The number of benzene rings is 1. The van der Waals surface area contributed by atoms with Crippen LogP contribution in [0.2, 0.25) is 6.04 Å². The number of hydrogen-bond donors (Lipinski definition) is 0. The number of halogens is 3. The molecule has 0 aromatic heterocycles. The van der Waals surface area contributed by atoms with Crippen molar-refractivity contribution in [2.24, 2.45) is 0 Å². The summed E-state index contributed by atoms with van der Waals surface area (Å²) in [6, 6.07) is 3.07. The maximum Gasteiger partial charge on any atom is 0.321 e. The highest BCUT2D eigenvalue weighted by Gasteiger charge is 2.12. The lowest BCUT2D eigenvalue weighted by atomic mass is 10.1. The fraction of sp³-hybridized carbons (Fsp3) is 0.600. The normalized spacial score (nSPS) is 11.3. The molecule has 0 bridgehead atoms. The van der Waals surface area contributed by atoms with Gasteiger partial charge in [-0.1, -0.05) is 12.8 Å². The maximum absolute atomic E-state index is 13.0. The van der Waals surface area contributed by atoms with Gasteiger partial charge in [0.2, 0.25) is 0 Å². The molecule has 0 amide bonds. The van der Waals surface area contributed by atoms with Gasteiger partial charge >= 0.3 is 9.28 Å². The average Bonchev–Trinajstić information content (AvgIpc) is 2.44. The quantitative estimate of drug-likeness (QED) is 0.367. The van der Waals surface area contributed by atoms with E-state index in [2.05, 4.69) is 0 Å². The molecular weight excluding hydrogens is 297 g/mol. The highest BCUT2D eigenvalue weighted by molar-refractivity contribution is 6.44. The Hall–Kier alpha value is -0.853. The van der Waals surface area contributed by atoms with Gasteiger partial charge in [-0.3, -0.25) is 0 Å². The van der Waals surface area contributed by atoms with Crippen molar-refractivity contribution in [2.75, 3.05) is 13.2 Å². The number of hydrogen-bond acceptors (Lipinski definition) is 2. The molecule has 1 rings (SSSR count). The van der Waals surface area contributed by atoms with E-state index in [9.17, 15) is 13.2 Å². The topological polar surface area (TPSA) is 18.5 Å². The number of unbranched alkanes of at least 4 members (excludes halogenated alkanes) is 2. The summed E-state index contributed by atoms with van der Waals surface area (Å²) in [5.41, 5.74) is 0.495. The zero-order valence-electron chi connectivity index (χ0n) is 12.6. The van der Waals surface area contributed by atoms with Crippen molar-refractivity contribution in [3.05, 3.63) is 35.1 Å². The molecular formula is C15H23F3O2Si. The number of rotatable bonds is 10. The van der Waals surface area contributed by atoms with Crippen LogP contribution in [0.25, 0.3) is 0 Å². The van der Waals surface area contributed by atoms with E-state index in [0.29, 0.717) is 25.2 Å². The molecule has 2 nitrogen and oxygen atoms in total. The molecule has 0 aliphatic heterocycles. The first kappa shape index (κ1) is 18.2. The van der Waals surface area contributed by atoms with Crippen LogP contribution in [0.1, 0.15) is 38.7 Å². The van der Waals surface area contributed by atoms with Gasteiger partial charge in [0.25, 0.3) is 0 Å². The van der Waals surface area contributed by atoms with Crippen LogP contribution >= 0.6 is 0 Å². The molecule has 0 spiro atoms. The lowest BCUT2D eigenvalue weighted by Gasteiger charge is -2.14. The molecule has 1 aromatic rings. The minimum absolute atomic E-state index is 0.495. The molecule has 0 aliphatic rings. The van der Waals surface area contributed by atoms with Gasteiger partial charge in [-0.15, -0.1) is 0 Å². The first-order valence-electron chi connectivity index (χ1n) is 7.45. The third-order valence-electron chi connectivity index (χ3n) is 3.15. The summed E-state index contributed by atoms with van der Waals surface area (Å²) in [6.07, 6.45) is 3.26. The van der Waals surface area contributed by atoms with Crippen LogP contribution in [0, 0.1) is 17.5 Å². The largest absolute Gasteiger partial charge is 0.397 e. The summed E-state index contributed by atoms with van der Waals surface area (Å²) < 4.78 is 50.0. The van der Waals surface area contributed by atoms with E-state index in [1.807, 2.05) is 13.8 Å². The Morgan fingerprint density at radius 3 is 2.00 bits per heavy atom. The summed E-state index contributed by atoms with van der Waals surface area (Å²) in [5.74, 6) is -3.64. The van der Waals surface area contributed by atoms with Gasteiger partial charge in [0.05, 0.1) is 0 Å². The molecule has 1 aromatic carbocycles. The van der Waals surface area contributed by atoms with Gasteiger partial charge in [0.15, 0.2) is 17.5 Å². The van der Waals surface area contributed by atoms with E-state index in [0.717, 1.165) is 37.4 Å². The van der Waals surface area contributed by atoms with Crippen molar-refractivity contribution in [3.8, 4) is 0 Å². The standard InChI is InChI=1S/C15H23F3O2Si/c1-3-19-21(20-4-2)9-7-5-6-8-12-10-13(16)15(18)14(17)11-12/h10-11,21H,3-9H2,1-2H3. The van der Waals surface area contributed by atoms with Crippen molar-refractivity contribution in [3.63, 3.8) is 0 Å². The Kier molecular flexibility index (Phi) is 8.64. The van der Waals surface area contributed by atoms with Crippen LogP contribution < -0.4 is 0 Å². The second kappa shape index (κ2) is 9.97. The van der Waals surface area contributed by atoms with E-state index in [1.54, 1.807) is 0 Å². The fourth-order valence-corrected chi connectivity index (χ4v) is 3.95. The SMILES string of the molecule is CCO[SiH](CCCCCc1cc(F)c(F)c(F)c1)OCC. The maximum atomic E-state index is 13.0. The summed E-state index contributed by atoms with van der Waals surface area (Å²) >= 11 is 0. The second-order valence-electron chi connectivity index (χ2n) is 4.81. The summed E-state index contributed by atoms with van der Waals surface area (Å²) in [4.78, 5) is 0. The summed E-state index contributed by atoms with van der Waals surface area (Å²) in [6.45, 7) is 5.25. The minimum Gasteiger partial charge on any atom is -0.397 e. The van der Waals surface area contributed by atoms with E-state index >= 15 is 0 Å². The third kappa shape index (κ3) is 6.63. The van der Waals surface area contributed by atoms with Gasteiger partial charge in [-0.25, -0.2) is 13.2 Å². The first-order valence-corrected chi connectivity index (χ1v) is 9.21. The van der Waals surface area contributed by atoms with E-state index < -0.39 is 26.7 Å². The Labute approximate surface area is 126 Å². The van der Waals surface area contributed by atoms with Crippen molar-refractivity contribution in [1.82, 2.24) is 0 Å². The molecule has 120 valence electrons. The van der Waals surface area contributed by atoms with Crippen molar-refractivity contribution in [1.29, 1.82) is 0 Å². The molecule has 0 saturated heterocycles. The highest BCUT2D eigenvalue weighted by Crippen LogP contribution is 2.16. The van der Waals surface area contributed by atoms with Gasteiger partial charge in [-0.2, -0.15) is 0 Å². The molecule has 0 unspecified atom stereocenters. The average molecular weight is 320 g/mol. The van der Waals surface area contributed by atoms with Crippen LogP contribution in [0.15, 0.2) is 12.1 Å². The van der Waals surface area contributed by atoms with Crippen LogP contribution in [0.3, 0.4) is 0 Å². The zero-order chi connectivity index (χ0) is 15.7. The molecule has 0 radical (unpaired) electrons. The van der Waals surface area contributed by atoms with Crippen LogP contribution in [-0.4, -0.2) is 22.5 Å². The smallest absolute Gasteiger partial charge is 0.321 e. The Balaban J connectivity index is 2.28. The molecule has 0 saturated carbocycles. The van der Waals surface area contributed by atoms with Gasteiger partial charge in [0, 0.05) is 13.2 Å². The Bertz CT molecular complexity index is 400. The lowest BCUT2D eigenvalue weighted by Crippen LogP contribution is -2.22. The monoisotopic (exact) mass is 320 g/mol. The molecule has 0 aliphatic carbocycles. The fourth-order valence-electron chi connectivity index (χ4n) is 2.16. The molecule has 21 heavy (non-hydrogen) atoms. The van der Waals surface area contributed by atoms with E-state index in [1.165, 1.54) is 0 Å². The highest BCUT2D eigenvalue weighted by atomic mass is 28.3. The van der Waals surface area contributed by atoms with Crippen LogP contribution in [0.5, 0.6) is 0 Å². The second-order valence-corrected chi connectivity index (χ2v) is 6.92. The summed E-state index contributed by atoms with van der Waals surface area (Å²) in [7, 11) is -1.54. The first-order chi connectivity index (χ1) is 10.1. The Morgan fingerprint density at radius 2 is 1.48 bits per heavy atom. The number of aryl methyl sites for hydroxylation is 1. The summed E-state index contributed by atoms with van der Waals surface area (Å²) in [5, 5.41) is 0. The van der Waals surface area contributed by atoms with Crippen LogP contribution in [-0.2, 0) is 15.3 Å². The van der Waals surface area contributed by atoms with E-state index in [-0.39, 0.29) is 0 Å². The van der Waals surface area contributed by atoms with E-state index in [4.69, 9.17) is 8.85 Å². The van der Waals surface area contributed by atoms with Crippen LogP contribution in [0.4, 0.5) is 13.2 Å². The molecule has 6 heteroatoms. The van der Waals surface area contributed by atoms with Crippen molar-refractivity contribution < 1.29 is 22.0 Å². The minimum atomic E-state index is -1.54.